The molecule has 1 aliphatic heterocycles. The van der Waals surface area contributed by atoms with Crippen molar-refractivity contribution in [2.24, 2.45) is 0 Å². The zero-order chi connectivity index (χ0) is 16.5. The van der Waals surface area contributed by atoms with E-state index in [1.807, 2.05) is 19.1 Å². The van der Waals surface area contributed by atoms with Crippen molar-refractivity contribution in [3.63, 3.8) is 0 Å². The summed E-state index contributed by atoms with van der Waals surface area (Å²) in [7, 11) is 2.14. The van der Waals surface area contributed by atoms with Crippen LogP contribution in [0.1, 0.15) is 18.5 Å². The van der Waals surface area contributed by atoms with Crippen LogP contribution in [-0.2, 0) is 0 Å². The van der Waals surface area contributed by atoms with Gasteiger partial charge in [0.2, 0.25) is 0 Å². The van der Waals surface area contributed by atoms with Crippen LogP contribution in [0.3, 0.4) is 0 Å². The van der Waals surface area contributed by atoms with Crippen LogP contribution in [-0.4, -0.2) is 46.3 Å². The molecule has 0 amide bonds. The van der Waals surface area contributed by atoms with E-state index in [1.54, 1.807) is 17.7 Å². The molecule has 1 saturated heterocycles. The fraction of sp³-hybridized carbons (Fsp3) is 0.412. The Morgan fingerprint density at radius 3 is 2.96 bits per heavy atom. The third kappa shape index (κ3) is 2.80. The predicted octanol–water partition coefficient (Wildman–Crippen LogP) is 2.89. The van der Waals surface area contributed by atoms with Crippen LogP contribution >= 0.6 is 11.3 Å². The number of nitrogens with zero attached hydrogens (tertiary/aromatic N) is 6. The smallest absolute Gasteiger partial charge is 0.151 e. The molecule has 1 aliphatic rings. The topological polar surface area (TPSA) is 58.0 Å². The lowest BCUT2D eigenvalue weighted by molar-refractivity contribution is 0.483. The number of thiophene rings is 1. The number of hydrogen-bond donors (Lipinski definition) is 0. The Bertz CT molecular complexity index is 830. The quantitative estimate of drug-likeness (QED) is 0.731. The Balaban J connectivity index is 1.57. The molecule has 4 heterocycles. The Morgan fingerprint density at radius 2 is 2.12 bits per heavy atom. The summed E-state index contributed by atoms with van der Waals surface area (Å²) in [6, 6.07) is 6.54. The van der Waals surface area contributed by atoms with Gasteiger partial charge in [-0.1, -0.05) is 0 Å². The van der Waals surface area contributed by atoms with Crippen LogP contribution in [0.4, 0.5) is 11.6 Å². The number of piperidine rings is 1. The summed E-state index contributed by atoms with van der Waals surface area (Å²) >= 11 is 1.70. The second kappa shape index (κ2) is 6.32. The molecule has 6 nitrogen and oxygen atoms in total. The molecule has 1 fully saturated rings. The number of rotatable bonds is 3. The summed E-state index contributed by atoms with van der Waals surface area (Å²) in [5, 5.41) is 10.6. The van der Waals surface area contributed by atoms with Gasteiger partial charge in [0.05, 0.1) is 15.9 Å². The average Bonchev–Trinajstić information content (AvgIpc) is 3.10. The van der Waals surface area contributed by atoms with E-state index < -0.39 is 0 Å². The first-order valence-electron chi connectivity index (χ1n) is 8.18. The van der Waals surface area contributed by atoms with Crippen molar-refractivity contribution in [2.75, 3.05) is 29.9 Å². The highest BCUT2D eigenvalue weighted by atomic mass is 32.1. The van der Waals surface area contributed by atoms with Gasteiger partial charge in [0, 0.05) is 26.2 Å². The second-order valence-corrected chi connectivity index (χ2v) is 7.13. The third-order valence-corrected chi connectivity index (χ3v) is 5.51. The molecular weight excluding hydrogens is 320 g/mol. The van der Waals surface area contributed by atoms with Gasteiger partial charge < -0.3 is 9.80 Å². The van der Waals surface area contributed by atoms with Crippen LogP contribution in [0.25, 0.3) is 10.2 Å². The van der Waals surface area contributed by atoms with Gasteiger partial charge in [0.1, 0.15) is 12.1 Å². The summed E-state index contributed by atoms with van der Waals surface area (Å²) in [4.78, 5) is 13.5. The van der Waals surface area contributed by atoms with Gasteiger partial charge in [0.15, 0.2) is 5.82 Å². The number of hydrogen-bond acceptors (Lipinski definition) is 7. The second-order valence-electron chi connectivity index (χ2n) is 6.22. The predicted molar refractivity (Wildman–Crippen MR) is 97.8 cm³/mol. The van der Waals surface area contributed by atoms with Crippen molar-refractivity contribution in [1.82, 2.24) is 20.2 Å². The van der Waals surface area contributed by atoms with Crippen molar-refractivity contribution >= 4 is 33.2 Å². The first kappa shape index (κ1) is 15.3. The van der Waals surface area contributed by atoms with Crippen LogP contribution in [0.2, 0.25) is 0 Å². The van der Waals surface area contributed by atoms with E-state index in [9.17, 15) is 0 Å². The monoisotopic (exact) mass is 340 g/mol. The van der Waals surface area contributed by atoms with E-state index in [1.165, 1.54) is 0 Å². The van der Waals surface area contributed by atoms with Gasteiger partial charge in [-0.05, 0) is 43.3 Å². The van der Waals surface area contributed by atoms with Crippen LogP contribution in [0.5, 0.6) is 0 Å². The molecule has 7 heteroatoms. The minimum atomic E-state index is 0.405. The molecule has 0 bridgehead atoms. The Labute approximate surface area is 145 Å². The van der Waals surface area contributed by atoms with Crippen molar-refractivity contribution < 1.29 is 0 Å². The molecule has 4 rings (SSSR count). The van der Waals surface area contributed by atoms with Crippen molar-refractivity contribution in [1.29, 1.82) is 0 Å². The Morgan fingerprint density at radius 1 is 1.21 bits per heavy atom. The van der Waals surface area contributed by atoms with Crippen LogP contribution in [0.15, 0.2) is 29.9 Å². The molecule has 0 spiro atoms. The van der Waals surface area contributed by atoms with E-state index in [0.717, 1.165) is 53.5 Å². The molecule has 0 N–H and O–H groups in total. The highest BCUT2D eigenvalue weighted by molar-refractivity contribution is 7.17. The highest BCUT2D eigenvalue weighted by Gasteiger charge is 2.26. The molecule has 0 aliphatic carbocycles. The molecule has 1 unspecified atom stereocenters. The van der Waals surface area contributed by atoms with Crippen LogP contribution in [0, 0.1) is 6.92 Å². The molecular formula is C17H20N6S. The van der Waals surface area contributed by atoms with Crippen molar-refractivity contribution in [3.8, 4) is 0 Å². The lowest BCUT2D eigenvalue weighted by Crippen LogP contribution is -2.47. The zero-order valence-corrected chi connectivity index (χ0v) is 14.7. The maximum Gasteiger partial charge on any atom is 0.151 e. The molecule has 124 valence electrons. The number of anilines is 2. The largest absolute Gasteiger partial charge is 0.354 e. The molecule has 0 saturated carbocycles. The van der Waals surface area contributed by atoms with E-state index in [0.29, 0.717) is 6.04 Å². The fourth-order valence-corrected chi connectivity index (χ4v) is 4.12. The minimum absolute atomic E-state index is 0.405. The molecule has 0 aromatic carbocycles. The third-order valence-electron chi connectivity index (χ3n) is 4.61. The maximum atomic E-state index is 4.54. The lowest BCUT2D eigenvalue weighted by Gasteiger charge is -2.38. The maximum absolute atomic E-state index is 4.54. The highest BCUT2D eigenvalue weighted by Crippen LogP contribution is 2.30. The van der Waals surface area contributed by atoms with E-state index in [-0.39, 0.29) is 0 Å². The summed E-state index contributed by atoms with van der Waals surface area (Å²) < 4.78 is 1.16. The standard InChI is InChI=1S/C17H20N6S/c1-12-5-6-15(21-20-12)23-8-3-4-13(10-23)22(2)17-16-14(7-9-24-16)18-11-19-17/h5-7,9,11,13H,3-4,8,10H2,1-2H3. The first-order chi connectivity index (χ1) is 11.7. The number of aromatic nitrogens is 4. The summed E-state index contributed by atoms with van der Waals surface area (Å²) in [6.45, 7) is 3.93. The van der Waals surface area contributed by atoms with E-state index >= 15 is 0 Å². The number of likely N-dealkylation sites (N-methyl/N-ethyl adjacent to an activating group) is 1. The SMILES string of the molecule is Cc1ccc(N2CCCC(N(C)c3ncnc4ccsc34)C2)nn1. The fourth-order valence-electron chi connectivity index (χ4n) is 3.24. The molecule has 0 radical (unpaired) electrons. The van der Waals surface area contributed by atoms with Crippen LogP contribution < -0.4 is 9.80 Å². The summed E-state index contributed by atoms with van der Waals surface area (Å²) in [5.74, 6) is 1.99. The summed E-state index contributed by atoms with van der Waals surface area (Å²) in [6.07, 6.45) is 3.96. The normalized spacial score (nSPS) is 18.1. The number of fused-ring (bicyclic) bond motifs is 1. The molecule has 24 heavy (non-hydrogen) atoms. The van der Waals surface area contributed by atoms with E-state index in [4.69, 9.17) is 0 Å². The summed E-state index contributed by atoms with van der Waals surface area (Å²) in [5.41, 5.74) is 1.97. The average molecular weight is 340 g/mol. The van der Waals surface area contributed by atoms with Gasteiger partial charge in [-0.15, -0.1) is 16.4 Å². The Hall–Kier alpha value is -2.28. The van der Waals surface area contributed by atoms with Gasteiger partial charge in [-0.25, -0.2) is 9.97 Å². The molecule has 1 atom stereocenters. The van der Waals surface area contributed by atoms with E-state index in [2.05, 4.69) is 48.5 Å². The molecule has 3 aromatic rings. The lowest BCUT2D eigenvalue weighted by atomic mass is 10.0. The van der Waals surface area contributed by atoms with Gasteiger partial charge >= 0.3 is 0 Å². The number of aryl methyl sites for hydroxylation is 1. The van der Waals surface area contributed by atoms with Gasteiger partial charge in [-0.2, -0.15) is 5.10 Å². The zero-order valence-electron chi connectivity index (χ0n) is 13.9. The van der Waals surface area contributed by atoms with Crippen molar-refractivity contribution in [3.05, 3.63) is 35.6 Å². The van der Waals surface area contributed by atoms with Crippen molar-refractivity contribution in [2.45, 2.75) is 25.8 Å². The molecule has 3 aromatic heterocycles. The van der Waals surface area contributed by atoms with Gasteiger partial charge in [-0.3, -0.25) is 0 Å². The minimum Gasteiger partial charge on any atom is -0.354 e. The Kier molecular flexibility index (Phi) is 4.02. The van der Waals surface area contributed by atoms with Gasteiger partial charge in [0.25, 0.3) is 0 Å². The first-order valence-corrected chi connectivity index (χ1v) is 9.06.